The molecule has 194 valence electrons. The molecule has 1 atom stereocenters. The molecule has 0 N–H and O–H groups in total. The Labute approximate surface area is 221 Å². The summed E-state index contributed by atoms with van der Waals surface area (Å²) in [5, 5.41) is 0. The van der Waals surface area contributed by atoms with E-state index in [1.54, 1.807) is 38.1 Å². The van der Waals surface area contributed by atoms with Crippen LogP contribution in [0.2, 0.25) is 0 Å². The van der Waals surface area contributed by atoms with Crippen molar-refractivity contribution in [1.82, 2.24) is 0 Å². The van der Waals surface area contributed by atoms with E-state index in [1.807, 2.05) is 30.3 Å². The van der Waals surface area contributed by atoms with Crippen LogP contribution in [0.4, 0.5) is 0 Å². The summed E-state index contributed by atoms with van der Waals surface area (Å²) >= 11 is 0. The second-order valence-electron chi connectivity index (χ2n) is 8.98. The third-order valence-electron chi connectivity index (χ3n) is 6.29. The summed E-state index contributed by atoms with van der Waals surface area (Å²) in [5.41, 5.74) is 5.97. The van der Waals surface area contributed by atoms with Crippen molar-refractivity contribution in [3.63, 3.8) is 0 Å². The SMILES string of the molecule is C=COC(=O)c1ccc(OC(=O)c2ccc3c(c2)C(C)c2cc(OCCOC(=O)C(=C)C)ccc2-3)cc1C. The van der Waals surface area contributed by atoms with Gasteiger partial charge < -0.3 is 18.9 Å². The topological polar surface area (TPSA) is 88.1 Å². The average Bonchev–Trinajstić information content (AvgIpc) is 3.17. The molecule has 0 spiro atoms. The van der Waals surface area contributed by atoms with E-state index >= 15 is 0 Å². The molecule has 7 nitrogen and oxygen atoms in total. The fourth-order valence-corrected chi connectivity index (χ4v) is 4.35. The first-order valence-electron chi connectivity index (χ1n) is 12.1. The molecule has 0 radical (unpaired) electrons. The van der Waals surface area contributed by atoms with Crippen LogP contribution >= 0.6 is 0 Å². The highest BCUT2D eigenvalue weighted by molar-refractivity contribution is 5.94. The van der Waals surface area contributed by atoms with E-state index in [9.17, 15) is 14.4 Å². The molecule has 3 aromatic carbocycles. The van der Waals surface area contributed by atoms with Gasteiger partial charge in [-0.2, -0.15) is 0 Å². The molecule has 38 heavy (non-hydrogen) atoms. The standard InChI is InChI=1S/C31H28O7/c1-6-35-31(34)24-11-9-23(15-19(24)4)38-30(33)21-7-10-25-26-12-8-22(17-28(26)20(5)27(25)16-21)36-13-14-37-29(32)18(2)3/h6-12,15-17,20H,1-2,13-14H2,3-5H3. The maximum absolute atomic E-state index is 12.9. The van der Waals surface area contributed by atoms with Crippen LogP contribution in [-0.4, -0.2) is 31.1 Å². The van der Waals surface area contributed by atoms with Crippen LogP contribution < -0.4 is 9.47 Å². The lowest BCUT2D eigenvalue weighted by Gasteiger charge is -2.11. The molecule has 1 unspecified atom stereocenters. The Bertz CT molecular complexity index is 1450. The number of fused-ring (bicyclic) bond motifs is 3. The van der Waals surface area contributed by atoms with Crippen molar-refractivity contribution < 1.29 is 33.3 Å². The minimum Gasteiger partial charge on any atom is -0.490 e. The lowest BCUT2D eigenvalue weighted by molar-refractivity contribution is -0.139. The lowest BCUT2D eigenvalue weighted by Crippen LogP contribution is -2.12. The first-order valence-corrected chi connectivity index (χ1v) is 12.1. The first-order chi connectivity index (χ1) is 18.2. The fraction of sp³-hybridized carbons (Fsp3) is 0.194. The number of ether oxygens (including phenoxy) is 4. The summed E-state index contributed by atoms with van der Waals surface area (Å²) < 4.78 is 21.2. The minimum atomic E-state index is -0.526. The van der Waals surface area contributed by atoms with Crippen molar-refractivity contribution in [2.75, 3.05) is 13.2 Å². The van der Waals surface area contributed by atoms with Crippen LogP contribution in [0.15, 0.2) is 79.6 Å². The second-order valence-corrected chi connectivity index (χ2v) is 8.98. The van der Waals surface area contributed by atoms with Gasteiger partial charge in [-0.1, -0.05) is 32.2 Å². The zero-order valence-electron chi connectivity index (χ0n) is 21.5. The van der Waals surface area contributed by atoms with Gasteiger partial charge in [0.05, 0.1) is 17.4 Å². The molecule has 0 saturated carbocycles. The molecule has 1 aliphatic carbocycles. The molecule has 4 rings (SSSR count). The Morgan fingerprint density at radius 2 is 1.58 bits per heavy atom. The highest BCUT2D eigenvalue weighted by Crippen LogP contribution is 2.46. The van der Waals surface area contributed by atoms with E-state index in [-0.39, 0.29) is 19.1 Å². The molecule has 0 saturated heterocycles. The number of benzene rings is 3. The summed E-state index contributed by atoms with van der Waals surface area (Å²) in [5.74, 6) is -0.427. The first kappa shape index (κ1) is 26.4. The number of carbonyl (C=O) groups is 3. The van der Waals surface area contributed by atoms with Crippen LogP contribution in [0.5, 0.6) is 11.5 Å². The zero-order valence-corrected chi connectivity index (χ0v) is 21.5. The van der Waals surface area contributed by atoms with Crippen LogP contribution in [0.1, 0.15) is 57.2 Å². The van der Waals surface area contributed by atoms with E-state index in [4.69, 9.17) is 18.9 Å². The maximum Gasteiger partial charge on any atom is 0.343 e. The Morgan fingerprint density at radius 3 is 2.26 bits per heavy atom. The number of hydrogen-bond donors (Lipinski definition) is 0. The molecule has 1 aliphatic rings. The van der Waals surface area contributed by atoms with Crippen molar-refractivity contribution in [1.29, 1.82) is 0 Å². The predicted molar refractivity (Wildman–Crippen MR) is 142 cm³/mol. The second kappa shape index (κ2) is 11.2. The van der Waals surface area contributed by atoms with Gasteiger partial charge in [-0.3, -0.25) is 0 Å². The quantitative estimate of drug-likeness (QED) is 0.112. The molecule has 0 aromatic heterocycles. The molecule has 0 bridgehead atoms. The Kier molecular flexibility index (Phi) is 7.76. The Hall–Kier alpha value is -4.65. The number of carbonyl (C=O) groups excluding carboxylic acids is 3. The van der Waals surface area contributed by atoms with Gasteiger partial charge in [-0.25, -0.2) is 14.4 Å². The molecular weight excluding hydrogens is 484 g/mol. The largest absolute Gasteiger partial charge is 0.490 e. The van der Waals surface area contributed by atoms with Crippen LogP contribution in [-0.2, 0) is 14.3 Å². The van der Waals surface area contributed by atoms with Gasteiger partial charge in [-0.05, 0) is 84.1 Å². The van der Waals surface area contributed by atoms with E-state index in [0.717, 1.165) is 28.5 Å². The van der Waals surface area contributed by atoms with Crippen LogP contribution in [0.3, 0.4) is 0 Å². The summed E-state index contributed by atoms with van der Waals surface area (Å²) in [6.07, 6.45) is 1.07. The summed E-state index contributed by atoms with van der Waals surface area (Å²) in [6.45, 7) is 12.7. The number of aryl methyl sites for hydroxylation is 1. The van der Waals surface area contributed by atoms with Gasteiger partial charge in [0.15, 0.2) is 0 Å². The molecular formula is C31H28O7. The molecule has 0 amide bonds. The van der Waals surface area contributed by atoms with Gasteiger partial charge in [-0.15, -0.1) is 0 Å². The zero-order chi connectivity index (χ0) is 27.4. The Morgan fingerprint density at radius 1 is 0.895 bits per heavy atom. The third-order valence-corrected chi connectivity index (χ3v) is 6.29. The number of hydrogen-bond acceptors (Lipinski definition) is 7. The smallest absolute Gasteiger partial charge is 0.343 e. The Balaban J connectivity index is 1.44. The maximum atomic E-state index is 12.9. The normalized spacial score (nSPS) is 13.1. The van der Waals surface area contributed by atoms with Crippen LogP contribution in [0, 0.1) is 6.92 Å². The van der Waals surface area contributed by atoms with Gasteiger partial charge in [0.25, 0.3) is 0 Å². The van der Waals surface area contributed by atoms with E-state index in [1.165, 1.54) is 0 Å². The molecule has 0 aliphatic heterocycles. The molecule has 3 aromatic rings. The monoisotopic (exact) mass is 512 g/mol. The van der Waals surface area contributed by atoms with Crippen molar-refractivity contribution in [3.05, 3.63) is 107 Å². The van der Waals surface area contributed by atoms with Gasteiger partial charge in [0, 0.05) is 11.5 Å². The van der Waals surface area contributed by atoms with Gasteiger partial charge in [0.1, 0.15) is 24.7 Å². The van der Waals surface area contributed by atoms with Crippen molar-refractivity contribution in [2.45, 2.75) is 26.7 Å². The lowest BCUT2D eigenvalue weighted by atomic mass is 9.98. The molecule has 0 heterocycles. The number of rotatable bonds is 9. The van der Waals surface area contributed by atoms with Gasteiger partial charge >= 0.3 is 17.9 Å². The summed E-state index contributed by atoms with van der Waals surface area (Å²) in [6, 6.07) is 16.1. The summed E-state index contributed by atoms with van der Waals surface area (Å²) in [7, 11) is 0. The van der Waals surface area contributed by atoms with Crippen molar-refractivity contribution in [3.8, 4) is 22.6 Å². The highest BCUT2D eigenvalue weighted by atomic mass is 16.6. The average molecular weight is 513 g/mol. The van der Waals surface area contributed by atoms with Crippen molar-refractivity contribution in [2.24, 2.45) is 0 Å². The fourth-order valence-electron chi connectivity index (χ4n) is 4.35. The highest BCUT2D eigenvalue weighted by Gasteiger charge is 2.27. The summed E-state index contributed by atoms with van der Waals surface area (Å²) in [4.78, 5) is 36.4. The number of esters is 3. The predicted octanol–water partition coefficient (Wildman–Crippen LogP) is 6.14. The van der Waals surface area contributed by atoms with Gasteiger partial charge in [0.2, 0.25) is 0 Å². The van der Waals surface area contributed by atoms with E-state index in [0.29, 0.717) is 33.8 Å². The third kappa shape index (κ3) is 5.52. The van der Waals surface area contributed by atoms with E-state index in [2.05, 4.69) is 20.1 Å². The molecule has 7 heteroatoms. The van der Waals surface area contributed by atoms with Crippen molar-refractivity contribution >= 4 is 17.9 Å². The minimum absolute atomic E-state index is 0.0370. The van der Waals surface area contributed by atoms with E-state index < -0.39 is 17.9 Å². The van der Waals surface area contributed by atoms with Crippen LogP contribution in [0.25, 0.3) is 11.1 Å². The molecule has 0 fully saturated rings.